The first-order valence-corrected chi connectivity index (χ1v) is 4.91. The van der Waals surface area contributed by atoms with Crippen LogP contribution in [-0.2, 0) is 4.79 Å². The Kier molecular flexibility index (Phi) is 3.02. The second-order valence-corrected chi connectivity index (χ2v) is 4.90. The molecule has 2 unspecified atom stereocenters. The van der Waals surface area contributed by atoms with Crippen LogP contribution in [0.15, 0.2) is 0 Å². The number of carbonyl (C=O) groups excluding carboxylic acids is 1. The van der Waals surface area contributed by atoms with Gasteiger partial charge in [0, 0.05) is 13.0 Å². The third kappa shape index (κ3) is 2.27. The predicted octanol–water partition coefficient (Wildman–Crippen LogP) is 1.69. The summed E-state index contributed by atoms with van der Waals surface area (Å²) in [6.07, 6.45) is -2.89. The number of piperidine rings is 1. The largest absolute Gasteiger partial charge is 0.465 e. The molecule has 0 radical (unpaired) electrons. The number of carbonyl (C=O) groups is 2. The molecule has 1 heterocycles. The summed E-state index contributed by atoms with van der Waals surface area (Å²) in [4.78, 5) is 23.2. The number of alkyl halides is 1. The summed E-state index contributed by atoms with van der Waals surface area (Å²) in [7, 11) is 0. The van der Waals surface area contributed by atoms with Crippen molar-refractivity contribution < 1.29 is 19.1 Å². The van der Waals surface area contributed by atoms with E-state index < -0.39 is 29.5 Å². The summed E-state index contributed by atoms with van der Waals surface area (Å²) >= 11 is 0. The van der Waals surface area contributed by atoms with Crippen molar-refractivity contribution in [2.75, 3.05) is 6.54 Å². The predicted molar refractivity (Wildman–Crippen MR) is 52.5 cm³/mol. The van der Waals surface area contributed by atoms with Crippen LogP contribution in [0.5, 0.6) is 0 Å². The van der Waals surface area contributed by atoms with E-state index >= 15 is 0 Å². The molecule has 2 atom stereocenters. The molecular formula is C10H16FNO3. The van der Waals surface area contributed by atoms with Crippen LogP contribution in [0.1, 0.15) is 27.2 Å². The first-order valence-electron chi connectivity index (χ1n) is 4.91. The van der Waals surface area contributed by atoms with Crippen LogP contribution in [0.3, 0.4) is 0 Å². The Morgan fingerprint density at radius 3 is 2.47 bits per heavy atom. The molecule has 1 saturated heterocycles. The van der Waals surface area contributed by atoms with Gasteiger partial charge in [0.05, 0.1) is 6.04 Å². The lowest BCUT2D eigenvalue weighted by Gasteiger charge is -2.42. The maximum Gasteiger partial charge on any atom is 0.407 e. The molecule has 15 heavy (non-hydrogen) atoms. The van der Waals surface area contributed by atoms with Gasteiger partial charge >= 0.3 is 6.09 Å². The van der Waals surface area contributed by atoms with Crippen LogP contribution in [0.2, 0.25) is 0 Å². The number of likely N-dealkylation sites (tertiary alicyclic amines) is 1. The number of ketones is 1. The fraction of sp³-hybridized carbons (Fsp3) is 0.800. The van der Waals surface area contributed by atoms with Gasteiger partial charge in [-0.1, -0.05) is 20.8 Å². The summed E-state index contributed by atoms with van der Waals surface area (Å²) in [6.45, 7) is 5.30. The van der Waals surface area contributed by atoms with Crippen LogP contribution >= 0.6 is 0 Å². The molecule has 0 saturated carbocycles. The molecule has 4 nitrogen and oxygen atoms in total. The lowest BCUT2D eigenvalue weighted by atomic mass is 9.79. The fourth-order valence-corrected chi connectivity index (χ4v) is 1.96. The van der Waals surface area contributed by atoms with E-state index in [9.17, 15) is 14.0 Å². The highest BCUT2D eigenvalue weighted by Gasteiger charge is 2.45. The molecule has 5 heteroatoms. The average Bonchev–Trinajstić information content (AvgIpc) is 2.06. The van der Waals surface area contributed by atoms with Gasteiger partial charge in [-0.2, -0.15) is 0 Å². The van der Waals surface area contributed by atoms with Gasteiger partial charge in [0.1, 0.15) is 0 Å². The fourth-order valence-electron chi connectivity index (χ4n) is 1.96. The lowest BCUT2D eigenvalue weighted by molar-refractivity contribution is -0.132. The zero-order valence-electron chi connectivity index (χ0n) is 9.16. The van der Waals surface area contributed by atoms with Crippen molar-refractivity contribution >= 4 is 11.9 Å². The molecular weight excluding hydrogens is 201 g/mol. The summed E-state index contributed by atoms with van der Waals surface area (Å²) in [6, 6.07) is -0.878. The molecule has 1 rings (SSSR count). The maximum atomic E-state index is 13.7. The minimum Gasteiger partial charge on any atom is -0.465 e. The quantitative estimate of drug-likeness (QED) is 0.671. The first kappa shape index (κ1) is 11.9. The number of amides is 1. The smallest absolute Gasteiger partial charge is 0.407 e. The summed E-state index contributed by atoms with van der Waals surface area (Å²) in [5, 5.41) is 8.92. The highest BCUT2D eigenvalue weighted by atomic mass is 19.1. The van der Waals surface area contributed by atoms with Crippen LogP contribution in [-0.4, -0.2) is 40.6 Å². The number of halogens is 1. The molecule has 0 bridgehead atoms. The molecule has 0 aromatic heterocycles. The van der Waals surface area contributed by atoms with Gasteiger partial charge in [-0.05, 0) is 5.41 Å². The van der Waals surface area contributed by atoms with E-state index in [1.807, 2.05) is 0 Å². The summed E-state index contributed by atoms with van der Waals surface area (Å²) < 4.78 is 13.7. The van der Waals surface area contributed by atoms with Gasteiger partial charge in [0.2, 0.25) is 0 Å². The van der Waals surface area contributed by atoms with Crippen molar-refractivity contribution in [1.29, 1.82) is 0 Å². The Labute approximate surface area is 88.1 Å². The summed E-state index contributed by atoms with van der Waals surface area (Å²) in [5.74, 6) is -0.493. The normalized spacial score (nSPS) is 28.0. The van der Waals surface area contributed by atoms with Crippen LogP contribution in [0, 0.1) is 5.41 Å². The number of Topliss-reactive ketones (excluding diaryl/α,β-unsaturated/α-hetero) is 1. The van der Waals surface area contributed by atoms with E-state index in [0.717, 1.165) is 4.90 Å². The number of hydrogen-bond acceptors (Lipinski definition) is 2. The van der Waals surface area contributed by atoms with Crippen molar-refractivity contribution in [3.05, 3.63) is 0 Å². The summed E-state index contributed by atoms with van der Waals surface area (Å²) in [5.41, 5.74) is -0.576. The number of rotatable bonds is 0. The van der Waals surface area contributed by atoms with E-state index in [1.54, 1.807) is 20.8 Å². The highest BCUT2D eigenvalue weighted by molar-refractivity contribution is 5.86. The minimum absolute atomic E-state index is 0.0277. The molecule has 0 spiro atoms. The zero-order valence-corrected chi connectivity index (χ0v) is 9.16. The maximum absolute atomic E-state index is 13.7. The average molecular weight is 217 g/mol. The first-order chi connectivity index (χ1) is 6.75. The Morgan fingerprint density at radius 2 is 2.07 bits per heavy atom. The Morgan fingerprint density at radius 1 is 1.53 bits per heavy atom. The third-order valence-corrected chi connectivity index (χ3v) is 2.65. The van der Waals surface area contributed by atoms with E-state index in [1.165, 1.54) is 0 Å². The Balaban J connectivity index is 3.00. The molecule has 86 valence electrons. The lowest BCUT2D eigenvalue weighted by Crippen LogP contribution is -2.58. The van der Waals surface area contributed by atoms with Gasteiger partial charge in [-0.15, -0.1) is 0 Å². The molecule has 1 N–H and O–H groups in total. The Bertz CT molecular complexity index is 285. The number of hydrogen-bond donors (Lipinski definition) is 1. The molecule has 0 aromatic rings. The monoisotopic (exact) mass is 217 g/mol. The van der Waals surface area contributed by atoms with E-state index in [-0.39, 0.29) is 13.0 Å². The molecule has 1 fully saturated rings. The second kappa shape index (κ2) is 3.79. The van der Waals surface area contributed by atoms with Gasteiger partial charge in [0.15, 0.2) is 12.0 Å². The topological polar surface area (TPSA) is 57.6 Å². The van der Waals surface area contributed by atoms with Gasteiger partial charge < -0.3 is 10.0 Å². The van der Waals surface area contributed by atoms with Crippen LogP contribution in [0.25, 0.3) is 0 Å². The third-order valence-electron chi connectivity index (χ3n) is 2.65. The molecule has 0 aliphatic carbocycles. The highest BCUT2D eigenvalue weighted by Crippen LogP contribution is 2.32. The van der Waals surface area contributed by atoms with Crippen molar-refractivity contribution in [2.45, 2.75) is 39.4 Å². The standard InChI is InChI=1S/C10H16FNO3/c1-10(2,3)8-7(11)6(13)4-5-12(8)9(14)15/h7-8H,4-5H2,1-3H3,(H,14,15). The van der Waals surface area contributed by atoms with Crippen molar-refractivity contribution in [1.82, 2.24) is 4.90 Å². The molecule has 1 aliphatic heterocycles. The number of nitrogens with zero attached hydrogens (tertiary/aromatic N) is 1. The van der Waals surface area contributed by atoms with Crippen LogP contribution < -0.4 is 0 Å². The van der Waals surface area contributed by atoms with Gasteiger partial charge in [-0.25, -0.2) is 9.18 Å². The van der Waals surface area contributed by atoms with Crippen molar-refractivity contribution in [3.8, 4) is 0 Å². The van der Waals surface area contributed by atoms with Gasteiger partial charge in [-0.3, -0.25) is 4.79 Å². The zero-order chi connectivity index (χ0) is 11.8. The van der Waals surface area contributed by atoms with Crippen LogP contribution in [0.4, 0.5) is 9.18 Å². The van der Waals surface area contributed by atoms with E-state index in [0.29, 0.717) is 0 Å². The van der Waals surface area contributed by atoms with E-state index in [2.05, 4.69) is 0 Å². The SMILES string of the molecule is CC(C)(C)C1C(F)C(=O)CCN1C(=O)O. The van der Waals surface area contributed by atoms with Crippen molar-refractivity contribution in [2.24, 2.45) is 5.41 Å². The van der Waals surface area contributed by atoms with Crippen molar-refractivity contribution in [3.63, 3.8) is 0 Å². The van der Waals surface area contributed by atoms with E-state index in [4.69, 9.17) is 5.11 Å². The molecule has 0 aromatic carbocycles. The molecule has 1 amide bonds. The Hall–Kier alpha value is -1.13. The second-order valence-electron chi connectivity index (χ2n) is 4.90. The number of carboxylic acid groups (broad SMARTS) is 1. The molecule has 1 aliphatic rings. The minimum atomic E-state index is -1.70. The van der Waals surface area contributed by atoms with Gasteiger partial charge in [0.25, 0.3) is 0 Å².